The highest BCUT2D eigenvalue weighted by atomic mass is 35.5. The van der Waals surface area contributed by atoms with E-state index in [1.807, 2.05) is 0 Å². The maximum Gasteiger partial charge on any atom is 0.359 e. The second-order valence-electron chi connectivity index (χ2n) is 10.8. The van der Waals surface area contributed by atoms with Crippen molar-refractivity contribution in [3.05, 3.63) is 17.3 Å². The second kappa shape index (κ2) is 15.0. The third-order valence-electron chi connectivity index (χ3n) is 7.77. The molecular formula is C24H37ClN9O10P. The first-order valence-electron chi connectivity index (χ1n) is 14.4. The quantitative estimate of drug-likeness (QED) is 0.0630. The Morgan fingerprint density at radius 2 is 1.98 bits per heavy atom. The van der Waals surface area contributed by atoms with Gasteiger partial charge in [0.15, 0.2) is 23.0 Å². The molecule has 1 aliphatic heterocycles. The van der Waals surface area contributed by atoms with Gasteiger partial charge >= 0.3 is 7.60 Å². The molecule has 19 nitrogen and oxygen atoms in total. The lowest BCUT2D eigenvalue weighted by molar-refractivity contribution is -0.125. The standard InChI is InChI=1S/C24H37ClN9O10P/c1-40-8-9-42-13-24(45(37,38)39,6-7-41-12-17-30-32-33-31-17)43-11-16-18(35)19(36)22(44-16)34-21-15(10-26-34)20(28-23(25)29-21)27-14-4-2-3-5-14/h10,14,16,18-19,22,35-36H,2-9,11-13H2,1H3,(H,27,28,29)(H2,37,38,39)(H,30,31,32,33)/t16-,18-,19-,22-,24-/m1/s1. The number of anilines is 1. The average Bonchev–Trinajstić information content (AvgIpc) is 3.81. The summed E-state index contributed by atoms with van der Waals surface area (Å²) in [5.74, 6) is 0.813. The van der Waals surface area contributed by atoms with E-state index < -0.39 is 50.7 Å². The summed E-state index contributed by atoms with van der Waals surface area (Å²) in [6.45, 7) is -1.06. The third-order valence-corrected chi connectivity index (χ3v) is 9.48. The van der Waals surface area contributed by atoms with Crippen LogP contribution in [0.2, 0.25) is 5.28 Å². The van der Waals surface area contributed by atoms with Gasteiger partial charge in [-0.1, -0.05) is 12.8 Å². The fourth-order valence-corrected chi connectivity index (χ4v) is 6.33. The van der Waals surface area contributed by atoms with Crippen molar-refractivity contribution < 1.29 is 48.2 Å². The summed E-state index contributed by atoms with van der Waals surface area (Å²) in [4.78, 5) is 29.4. The summed E-state index contributed by atoms with van der Waals surface area (Å²) in [6, 6.07) is 0.233. The van der Waals surface area contributed by atoms with E-state index in [-0.39, 0.29) is 49.8 Å². The van der Waals surface area contributed by atoms with Crippen LogP contribution in [-0.2, 0) is 34.9 Å². The zero-order valence-corrected chi connectivity index (χ0v) is 26.1. The van der Waals surface area contributed by atoms with Crippen LogP contribution in [0.1, 0.15) is 44.2 Å². The summed E-state index contributed by atoms with van der Waals surface area (Å²) in [5.41, 5.74) is 0.267. The number of aromatic amines is 1. The van der Waals surface area contributed by atoms with Crippen LogP contribution in [0.25, 0.3) is 11.0 Å². The Bertz CT molecular complexity index is 1430. The van der Waals surface area contributed by atoms with Gasteiger partial charge in [0, 0.05) is 19.6 Å². The van der Waals surface area contributed by atoms with E-state index in [9.17, 15) is 24.6 Å². The highest BCUT2D eigenvalue weighted by molar-refractivity contribution is 7.53. The van der Waals surface area contributed by atoms with Crippen molar-refractivity contribution in [2.24, 2.45) is 0 Å². The van der Waals surface area contributed by atoms with Gasteiger partial charge in [-0.3, -0.25) is 4.57 Å². The van der Waals surface area contributed by atoms with Crippen LogP contribution < -0.4 is 5.32 Å². The summed E-state index contributed by atoms with van der Waals surface area (Å²) in [7, 11) is -3.58. The molecular weight excluding hydrogens is 641 g/mol. The average molecular weight is 678 g/mol. The van der Waals surface area contributed by atoms with E-state index in [4.69, 9.17) is 35.3 Å². The number of ether oxygens (including phenoxy) is 5. The lowest BCUT2D eigenvalue weighted by Crippen LogP contribution is -2.43. The highest BCUT2D eigenvalue weighted by Crippen LogP contribution is 2.54. The molecule has 1 saturated carbocycles. The predicted molar refractivity (Wildman–Crippen MR) is 154 cm³/mol. The number of halogens is 1. The minimum absolute atomic E-state index is 0.0317. The number of aromatic nitrogens is 8. The monoisotopic (exact) mass is 677 g/mol. The molecule has 250 valence electrons. The number of nitrogens with one attached hydrogen (secondary N) is 2. The second-order valence-corrected chi connectivity index (χ2v) is 13.1. The summed E-state index contributed by atoms with van der Waals surface area (Å²) < 4.78 is 41.9. The molecule has 1 saturated heterocycles. The van der Waals surface area contributed by atoms with E-state index >= 15 is 0 Å². The van der Waals surface area contributed by atoms with Crippen molar-refractivity contribution in [2.75, 3.05) is 45.5 Å². The fraction of sp³-hybridized carbons (Fsp3) is 0.750. The first-order chi connectivity index (χ1) is 21.6. The molecule has 0 amide bonds. The highest BCUT2D eigenvalue weighted by Gasteiger charge is 2.51. The van der Waals surface area contributed by atoms with Crippen LogP contribution in [0.15, 0.2) is 6.20 Å². The largest absolute Gasteiger partial charge is 0.387 e. The number of hydrogen-bond acceptors (Lipinski definition) is 15. The third kappa shape index (κ3) is 7.94. The van der Waals surface area contributed by atoms with Crippen molar-refractivity contribution in [3.8, 4) is 0 Å². The molecule has 0 radical (unpaired) electrons. The number of nitrogens with zero attached hydrogens (tertiary/aromatic N) is 7. The van der Waals surface area contributed by atoms with Gasteiger partial charge in [0.1, 0.15) is 30.7 Å². The van der Waals surface area contributed by atoms with Gasteiger partial charge in [-0.25, -0.2) is 9.78 Å². The zero-order chi connectivity index (χ0) is 32.0. The lowest BCUT2D eigenvalue weighted by Gasteiger charge is -2.35. The van der Waals surface area contributed by atoms with Crippen molar-refractivity contribution >= 4 is 36.0 Å². The Labute approximate surface area is 262 Å². The van der Waals surface area contributed by atoms with Gasteiger partial charge < -0.3 is 49.0 Å². The Morgan fingerprint density at radius 3 is 2.69 bits per heavy atom. The Kier molecular flexibility index (Phi) is 11.3. The molecule has 4 heterocycles. The van der Waals surface area contributed by atoms with Crippen LogP contribution in [0.3, 0.4) is 0 Å². The molecule has 0 spiro atoms. The number of aliphatic hydroxyl groups is 2. The van der Waals surface area contributed by atoms with Crippen LogP contribution in [0, 0.1) is 0 Å². The van der Waals surface area contributed by atoms with Crippen molar-refractivity contribution in [3.63, 3.8) is 0 Å². The first kappa shape index (κ1) is 33.9. The summed E-state index contributed by atoms with van der Waals surface area (Å²) >= 11 is 6.23. The van der Waals surface area contributed by atoms with Crippen molar-refractivity contribution in [1.82, 2.24) is 40.4 Å². The molecule has 2 aliphatic rings. The smallest absolute Gasteiger partial charge is 0.359 e. The number of tetrazole rings is 1. The first-order valence-corrected chi connectivity index (χ1v) is 16.4. The normalized spacial score (nSPS) is 24.0. The number of hydrogen-bond donors (Lipinski definition) is 6. The molecule has 0 aromatic carbocycles. The predicted octanol–water partition coefficient (Wildman–Crippen LogP) is 0.127. The summed E-state index contributed by atoms with van der Waals surface area (Å²) in [6.07, 6.45) is -0.0402. The molecule has 3 aromatic rings. The van der Waals surface area contributed by atoms with E-state index in [0.717, 1.165) is 25.7 Å². The minimum atomic E-state index is -5.04. The maximum atomic E-state index is 12.8. The molecule has 0 unspecified atom stereocenters. The zero-order valence-electron chi connectivity index (χ0n) is 24.4. The maximum absolute atomic E-state index is 12.8. The molecule has 6 N–H and O–H groups in total. The molecule has 0 bridgehead atoms. The minimum Gasteiger partial charge on any atom is -0.387 e. The Morgan fingerprint density at radius 1 is 1.18 bits per heavy atom. The van der Waals surface area contributed by atoms with E-state index in [1.54, 1.807) is 0 Å². The van der Waals surface area contributed by atoms with E-state index in [1.165, 1.54) is 18.0 Å². The summed E-state index contributed by atoms with van der Waals surface area (Å²) in [5, 5.41) is 41.0. The van der Waals surface area contributed by atoms with Crippen LogP contribution in [0.4, 0.5) is 5.82 Å². The fourth-order valence-electron chi connectivity index (χ4n) is 5.28. The van der Waals surface area contributed by atoms with Gasteiger partial charge in [0.2, 0.25) is 5.28 Å². The molecule has 5 rings (SSSR count). The van der Waals surface area contributed by atoms with Gasteiger partial charge in [-0.2, -0.15) is 15.1 Å². The number of rotatable bonds is 17. The molecule has 45 heavy (non-hydrogen) atoms. The molecule has 5 atom stereocenters. The number of aliphatic hydroxyl groups excluding tert-OH is 2. The van der Waals surface area contributed by atoms with Crippen LogP contribution >= 0.6 is 19.2 Å². The Balaban J connectivity index is 1.30. The van der Waals surface area contributed by atoms with E-state index in [0.29, 0.717) is 17.0 Å². The topological polar surface area (TPSA) is 254 Å². The van der Waals surface area contributed by atoms with Crippen LogP contribution in [-0.4, -0.2) is 130 Å². The molecule has 3 aromatic heterocycles. The van der Waals surface area contributed by atoms with Gasteiger partial charge in [0.25, 0.3) is 0 Å². The molecule has 1 aliphatic carbocycles. The van der Waals surface area contributed by atoms with E-state index in [2.05, 4.69) is 41.0 Å². The lowest BCUT2D eigenvalue weighted by atomic mass is 10.1. The SMILES string of the molecule is COCCOC[C@](CCOCc1nnn[nH]1)(OC[C@H]1O[C@@H](n2ncc3c(NC4CCCC4)nc(Cl)nc32)[C@H](O)[C@@H]1O)P(=O)(O)O. The molecule has 21 heteroatoms. The van der Waals surface area contributed by atoms with Crippen LogP contribution in [0.5, 0.6) is 0 Å². The van der Waals surface area contributed by atoms with Gasteiger partial charge in [-0.15, -0.1) is 5.10 Å². The number of H-pyrrole nitrogens is 1. The van der Waals surface area contributed by atoms with Gasteiger partial charge in [-0.05, 0) is 34.9 Å². The van der Waals surface area contributed by atoms with Crippen molar-refractivity contribution in [2.45, 2.75) is 74.6 Å². The number of methoxy groups -OCH3 is 1. The molecule has 2 fully saturated rings. The van der Waals surface area contributed by atoms with Gasteiger partial charge in [0.05, 0.1) is 44.6 Å². The number of fused-ring (bicyclic) bond motifs is 1. The van der Waals surface area contributed by atoms with Crippen molar-refractivity contribution in [1.29, 1.82) is 0 Å². The Hall–Kier alpha value is -2.42.